The van der Waals surface area contributed by atoms with E-state index >= 15 is 0 Å². The number of carbonyl (C=O) groups is 2. The number of benzene rings is 2. The first-order valence-corrected chi connectivity index (χ1v) is 12.9. The van der Waals surface area contributed by atoms with Crippen LogP contribution in [0.5, 0.6) is 0 Å². The van der Waals surface area contributed by atoms with Gasteiger partial charge in [-0.05, 0) is 43.0 Å². The first-order chi connectivity index (χ1) is 15.3. The Hall–Kier alpha value is -1.69. The Morgan fingerprint density at radius 1 is 1.00 bits per heavy atom. The van der Waals surface area contributed by atoms with Crippen LogP contribution in [0.25, 0.3) is 0 Å². The van der Waals surface area contributed by atoms with Crippen LogP contribution in [-0.2, 0) is 21.9 Å². The van der Waals surface area contributed by atoms with Gasteiger partial charge in [0.2, 0.25) is 11.8 Å². The van der Waals surface area contributed by atoms with Crippen LogP contribution in [0.15, 0.2) is 48.5 Å². The lowest BCUT2D eigenvalue weighted by Crippen LogP contribution is -2.50. The minimum atomic E-state index is -0.537. The van der Waals surface area contributed by atoms with Gasteiger partial charge in [-0.3, -0.25) is 9.59 Å². The van der Waals surface area contributed by atoms with Gasteiger partial charge >= 0.3 is 0 Å². The van der Waals surface area contributed by atoms with E-state index in [1.165, 1.54) is 5.56 Å². The van der Waals surface area contributed by atoms with E-state index in [4.69, 9.17) is 23.2 Å². The third kappa shape index (κ3) is 8.34. The van der Waals surface area contributed by atoms with Crippen molar-refractivity contribution in [2.75, 3.05) is 5.75 Å². The Labute approximate surface area is 206 Å². The average molecular weight is 496 g/mol. The second-order valence-corrected chi connectivity index (χ2v) is 9.72. The van der Waals surface area contributed by atoms with E-state index in [2.05, 4.69) is 17.4 Å². The predicted molar refractivity (Wildman–Crippen MR) is 136 cm³/mol. The molecular weight excluding hydrogens is 463 g/mol. The Bertz CT molecular complexity index is 880. The SMILES string of the molecule is CC[C@H](C)NC(=O)[C@H](CC)N(Cc1ccc(Cl)c(Cl)c1)C(=O)CCSCc1ccccc1. The summed E-state index contributed by atoms with van der Waals surface area (Å²) in [6.07, 6.45) is 1.73. The number of hydrogen-bond acceptors (Lipinski definition) is 3. The van der Waals surface area contributed by atoms with Crippen molar-refractivity contribution in [3.05, 3.63) is 69.7 Å². The molecule has 0 aliphatic rings. The summed E-state index contributed by atoms with van der Waals surface area (Å²) < 4.78 is 0. The Balaban J connectivity index is 2.10. The lowest BCUT2D eigenvalue weighted by atomic mass is 10.1. The minimum Gasteiger partial charge on any atom is -0.352 e. The molecule has 0 saturated carbocycles. The molecule has 2 rings (SSSR count). The van der Waals surface area contributed by atoms with Crippen molar-refractivity contribution >= 4 is 46.8 Å². The summed E-state index contributed by atoms with van der Waals surface area (Å²) in [5.74, 6) is 1.39. The van der Waals surface area contributed by atoms with Gasteiger partial charge in [0.1, 0.15) is 6.04 Å². The smallest absolute Gasteiger partial charge is 0.243 e. The molecule has 0 radical (unpaired) electrons. The number of carbonyl (C=O) groups excluding carboxylic acids is 2. The zero-order valence-electron chi connectivity index (χ0n) is 18.9. The second-order valence-electron chi connectivity index (χ2n) is 7.80. The first kappa shape index (κ1) is 26.6. The van der Waals surface area contributed by atoms with Gasteiger partial charge in [0.15, 0.2) is 0 Å². The topological polar surface area (TPSA) is 49.4 Å². The second kappa shape index (κ2) is 13.8. The highest BCUT2D eigenvalue weighted by Crippen LogP contribution is 2.24. The lowest BCUT2D eigenvalue weighted by Gasteiger charge is -2.31. The van der Waals surface area contributed by atoms with E-state index in [9.17, 15) is 9.59 Å². The van der Waals surface area contributed by atoms with Crippen LogP contribution in [0.3, 0.4) is 0 Å². The number of hydrogen-bond donors (Lipinski definition) is 1. The summed E-state index contributed by atoms with van der Waals surface area (Å²) in [5, 5.41) is 3.93. The van der Waals surface area contributed by atoms with Crippen molar-refractivity contribution in [3.8, 4) is 0 Å². The molecule has 0 aliphatic carbocycles. The molecule has 0 spiro atoms. The normalized spacial score (nSPS) is 12.8. The van der Waals surface area contributed by atoms with Crippen LogP contribution < -0.4 is 5.32 Å². The van der Waals surface area contributed by atoms with E-state index in [1.807, 2.05) is 45.0 Å². The van der Waals surface area contributed by atoms with Crippen molar-refractivity contribution < 1.29 is 9.59 Å². The maximum absolute atomic E-state index is 13.2. The number of thioether (sulfide) groups is 1. The molecule has 4 nitrogen and oxygen atoms in total. The summed E-state index contributed by atoms with van der Waals surface area (Å²) in [7, 11) is 0. The molecule has 0 fully saturated rings. The Morgan fingerprint density at radius 3 is 2.34 bits per heavy atom. The molecule has 0 bridgehead atoms. The summed E-state index contributed by atoms with van der Waals surface area (Å²) in [6.45, 7) is 6.23. The van der Waals surface area contributed by atoms with Crippen LogP contribution in [0.2, 0.25) is 10.0 Å². The third-order valence-electron chi connectivity index (χ3n) is 5.30. The van der Waals surface area contributed by atoms with Gasteiger partial charge in [-0.25, -0.2) is 0 Å². The fourth-order valence-corrected chi connectivity index (χ4v) is 4.47. The fourth-order valence-electron chi connectivity index (χ4n) is 3.26. The third-order valence-corrected chi connectivity index (χ3v) is 7.06. The average Bonchev–Trinajstić information content (AvgIpc) is 2.79. The molecule has 2 amide bonds. The maximum atomic E-state index is 13.2. The summed E-state index contributed by atoms with van der Waals surface area (Å²) >= 11 is 14.0. The minimum absolute atomic E-state index is 0.0391. The fraction of sp³-hybridized carbons (Fsp3) is 0.440. The van der Waals surface area contributed by atoms with Crippen LogP contribution >= 0.6 is 35.0 Å². The molecule has 2 aromatic rings. The van der Waals surface area contributed by atoms with Crippen LogP contribution in [0.4, 0.5) is 0 Å². The van der Waals surface area contributed by atoms with Crippen molar-refractivity contribution in [1.29, 1.82) is 0 Å². The zero-order chi connectivity index (χ0) is 23.5. The largest absolute Gasteiger partial charge is 0.352 e. The number of nitrogens with one attached hydrogen (secondary N) is 1. The highest BCUT2D eigenvalue weighted by molar-refractivity contribution is 7.98. The molecule has 0 aliphatic heterocycles. The molecule has 0 unspecified atom stereocenters. The van der Waals surface area contributed by atoms with E-state index in [-0.39, 0.29) is 17.9 Å². The standard InChI is InChI=1S/C25H32Cl2N2O2S/c1-4-18(3)28-25(31)23(5-2)29(16-20-11-12-21(26)22(27)15-20)24(30)13-14-32-17-19-9-7-6-8-10-19/h6-12,15,18,23H,4-5,13-14,16-17H2,1-3H3,(H,28,31)/t18-,23-/m0/s1. The summed E-state index contributed by atoms with van der Waals surface area (Å²) in [4.78, 5) is 27.9. The van der Waals surface area contributed by atoms with Crippen LogP contribution in [0.1, 0.15) is 51.2 Å². The molecule has 2 aromatic carbocycles. The van der Waals surface area contributed by atoms with Crippen LogP contribution in [0, 0.1) is 0 Å². The van der Waals surface area contributed by atoms with E-state index < -0.39 is 6.04 Å². The van der Waals surface area contributed by atoms with Gasteiger partial charge in [0.25, 0.3) is 0 Å². The molecule has 0 heterocycles. The maximum Gasteiger partial charge on any atom is 0.243 e. The molecule has 174 valence electrons. The Morgan fingerprint density at radius 2 is 1.72 bits per heavy atom. The number of halogens is 2. The highest BCUT2D eigenvalue weighted by atomic mass is 35.5. The highest BCUT2D eigenvalue weighted by Gasteiger charge is 2.29. The lowest BCUT2D eigenvalue weighted by molar-refractivity contribution is -0.141. The van der Waals surface area contributed by atoms with E-state index in [0.29, 0.717) is 35.2 Å². The number of rotatable bonds is 12. The molecule has 1 N–H and O–H groups in total. The molecule has 0 aromatic heterocycles. The van der Waals surface area contributed by atoms with Crippen LogP contribution in [-0.4, -0.2) is 34.6 Å². The first-order valence-electron chi connectivity index (χ1n) is 11.0. The molecule has 7 heteroatoms. The number of nitrogens with zero attached hydrogens (tertiary/aromatic N) is 1. The van der Waals surface area contributed by atoms with Gasteiger partial charge in [0.05, 0.1) is 10.0 Å². The Kier molecular flexibility index (Phi) is 11.4. The molecular formula is C25H32Cl2N2O2S. The van der Waals surface area contributed by atoms with Crippen molar-refractivity contribution in [1.82, 2.24) is 10.2 Å². The monoisotopic (exact) mass is 494 g/mol. The number of amides is 2. The van der Waals surface area contributed by atoms with Gasteiger partial charge in [-0.2, -0.15) is 11.8 Å². The van der Waals surface area contributed by atoms with E-state index in [0.717, 1.165) is 17.7 Å². The summed E-state index contributed by atoms with van der Waals surface area (Å²) in [5.41, 5.74) is 2.08. The molecule has 2 atom stereocenters. The molecule has 0 saturated heterocycles. The van der Waals surface area contributed by atoms with E-state index in [1.54, 1.807) is 28.8 Å². The van der Waals surface area contributed by atoms with Gasteiger partial charge in [0, 0.05) is 30.5 Å². The zero-order valence-corrected chi connectivity index (χ0v) is 21.3. The predicted octanol–water partition coefficient (Wildman–Crippen LogP) is 6.34. The quantitative estimate of drug-likeness (QED) is 0.350. The van der Waals surface area contributed by atoms with Gasteiger partial charge in [-0.1, -0.05) is 73.4 Å². The summed E-state index contributed by atoms with van der Waals surface area (Å²) in [6, 6.07) is 15.0. The van der Waals surface area contributed by atoms with Crippen molar-refractivity contribution in [2.45, 2.75) is 64.4 Å². The van der Waals surface area contributed by atoms with Crippen molar-refractivity contribution in [3.63, 3.8) is 0 Å². The van der Waals surface area contributed by atoms with Crippen molar-refractivity contribution in [2.24, 2.45) is 0 Å². The van der Waals surface area contributed by atoms with Gasteiger partial charge in [-0.15, -0.1) is 0 Å². The van der Waals surface area contributed by atoms with Gasteiger partial charge < -0.3 is 10.2 Å². The molecule has 32 heavy (non-hydrogen) atoms.